The molecule has 0 aromatic rings. The topological polar surface area (TPSA) is 66.8 Å². The van der Waals surface area contributed by atoms with E-state index in [2.05, 4.69) is 0 Å². The Morgan fingerprint density at radius 1 is 1.58 bits per heavy atom. The largest absolute Gasteiger partial charge is 0.765 e. The van der Waals surface area contributed by atoms with Crippen molar-refractivity contribution in [2.45, 2.75) is 32.8 Å². The first-order chi connectivity index (χ1) is 5.40. The molecule has 72 valence electrons. The van der Waals surface area contributed by atoms with E-state index in [-0.39, 0.29) is 12.5 Å². The molecule has 0 aliphatic rings. The Morgan fingerprint density at radius 3 is 2.42 bits per heavy atom. The molecule has 0 aliphatic heterocycles. The lowest BCUT2D eigenvalue weighted by Crippen LogP contribution is -2.36. The lowest BCUT2D eigenvalue weighted by molar-refractivity contribution is 0.0132. The van der Waals surface area contributed by atoms with Gasteiger partial charge >= 0.3 is 9.17 Å². The monoisotopic (exact) mass is 192 g/mol. The minimum absolute atomic E-state index is 0.0589. The van der Waals surface area contributed by atoms with E-state index in [1.54, 1.807) is 13.8 Å². The van der Waals surface area contributed by atoms with Gasteiger partial charge in [0, 0.05) is 6.61 Å². The zero-order valence-corrected chi connectivity index (χ0v) is 8.70. The van der Waals surface area contributed by atoms with Gasteiger partial charge in [-0.1, -0.05) is 6.92 Å². The molecule has 0 aliphatic carbocycles. The SMILES string of the molecule is CC(CCO)C(C)(C)O[Si](=O)O. The van der Waals surface area contributed by atoms with Crippen LogP contribution in [0.15, 0.2) is 0 Å². The predicted molar refractivity (Wildman–Crippen MR) is 44.7 cm³/mol. The molecule has 5 heteroatoms. The molecule has 0 spiro atoms. The van der Waals surface area contributed by atoms with E-state index >= 15 is 0 Å². The van der Waals surface area contributed by atoms with Gasteiger partial charge in [-0.25, -0.2) is 0 Å². The van der Waals surface area contributed by atoms with E-state index in [0.717, 1.165) is 0 Å². The molecule has 0 bridgehead atoms. The summed E-state index contributed by atoms with van der Waals surface area (Å²) in [6.45, 7) is 5.43. The van der Waals surface area contributed by atoms with Crippen LogP contribution in [0, 0.1) is 5.92 Å². The summed E-state index contributed by atoms with van der Waals surface area (Å²) in [5, 5.41) is 8.65. The van der Waals surface area contributed by atoms with E-state index in [9.17, 15) is 4.46 Å². The molecule has 0 aromatic carbocycles. The summed E-state index contributed by atoms with van der Waals surface area (Å²) >= 11 is 0. The second-order valence-corrected chi connectivity index (χ2v) is 4.12. The third-order valence-electron chi connectivity index (χ3n) is 2.10. The number of hydrogen-bond donors (Lipinski definition) is 2. The summed E-state index contributed by atoms with van der Waals surface area (Å²) in [4.78, 5) is 8.57. The molecule has 0 saturated heterocycles. The zero-order valence-electron chi connectivity index (χ0n) is 7.70. The van der Waals surface area contributed by atoms with Crippen LogP contribution in [-0.2, 0) is 8.89 Å². The van der Waals surface area contributed by atoms with Crippen LogP contribution in [0.25, 0.3) is 0 Å². The Kier molecular flexibility index (Phi) is 4.40. The normalized spacial score (nSPS) is 14.0. The highest BCUT2D eigenvalue weighted by Crippen LogP contribution is 2.23. The van der Waals surface area contributed by atoms with Crippen LogP contribution in [0.1, 0.15) is 27.2 Å². The molecule has 0 heterocycles. The van der Waals surface area contributed by atoms with Gasteiger partial charge in [-0.05, 0) is 26.2 Å². The standard InChI is InChI=1S/C7H16O4Si/c1-6(4-5-8)7(2,3)11-12(9)10/h6,8-9H,4-5H2,1-3H3. The highest BCUT2D eigenvalue weighted by Gasteiger charge is 2.30. The number of aliphatic hydroxyl groups excluding tert-OH is 1. The Hall–Kier alpha value is -0.423. The molecule has 2 N–H and O–H groups in total. The van der Waals surface area contributed by atoms with Crippen molar-refractivity contribution in [3.63, 3.8) is 0 Å². The molecule has 1 atom stereocenters. The predicted octanol–water partition coefficient (Wildman–Crippen LogP) is 0.208. The lowest BCUT2D eigenvalue weighted by Gasteiger charge is -2.30. The molecule has 0 aromatic heterocycles. The smallest absolute Gasteiger partial charge is 0.511 e. The second-order valence-electron chi connectivity index (χ2n) is 3.38. The maximum atomic E-state index is 10.4. The molecule has 0 radical (unpaired) electrons. The summed E-state index contributed by atoms with van der Waals surface area (Å²) in [6, 6.07) is 0. The molecule has 12 heavy (non-hydrogen) atoms. The fraction of sp³-hybridized carbons (Fsp3) is 1.00. The van der Waals surface area contributed by atoms with Gasteiger partial charge in [0.2, 0.25) is 0 Å². The molecular weight excluding hydrogens is 176 g/mol. The van der Waals surface area contributed by atoms with E-state index in [1.807, 2.05) is 6.92 Å². The van der Waals surface area contributed by atoms with Crippen LogP contribution in [0.3, 0.4) is 0 Å². The van der Waals surface area contributed by atoms with Crippen molar-refractivity contribution in [3.05, 3.63) is 0 Å². The first-order valence-electron chi connectivity index (χ1n) is 3.93. The maximum Gasteiger partial charge on any atom is 0.765 e. The van der Waals surface area contributed by atoms with E-state index in [1.165, 1.54) is 0 Å². The van der Waals surface area contributed by atoms with E-state index in [4.69, 9.17) is 14.3 Å². The molecule has 0 fully saturated rings. The van der Waals surface area contributed by atoms with Crippen molar-refractivity contribution < 1.29 is 18.8 Å². The molecule has 4 nitrogen and oxygen atoms in total. The molecule has 0 amide bonds. The molecule has 0 saturated carbocycles. The Balaban J connectivity index is 4.07. The lowest BCUT2D eigenvalue weighted by atomic mass is 9.90. The zero-order chi connectivity index (χ0) is 9.78. The van der Waals surface area contributed by atoms with Crippen molar-refractivity contribution in [2.75, 3.05) is 6.61 Å². The minimum Gasteiger partial charge on any atom is -0.511 e. The van der Waals surface area contributed by atoms with Gasteiger partial charge in [0.05, 0.1) is 5.60 Å². The Morgan fingerprint density at radius 2 is 2.08 bits per heavy atom. The Bertz CT molecular complexity index is 157. The minimum atomic E-state index is -2.89. The van der Waals surface area contributed by atoms with E-state index < -0.39 is 14.8 Å². The van der Waals surface area contributed by atoms with Crippen molar-refractivity contribution in [3.8, 4) is 0 Å². The second kappa shape index (κ2) is 4.57. The van der Waals surface area contributed by atoms with Crippen molar-refractivity contribution in [1.82, 2.24) is 0 Å². The van der Waals surface area contributed by atoms with Gasteiger partial charge in [-0.3, -0.25) is 4.46 Å². The molecular formula is C7H16O4Si. The van der Waals surface area contributed by atoms with Crippen molar-refractivity contribution in [1.29, 1.82) is 0 Å². The van der Waals surface area contributed by atoms with Gasteiger partial charge < -0.3 is 14.3 Å². The van der Waals surface area contributed by atoms with Gasteiger partial charge in [-0.2, -0.15) is 0 Å². The first-order valence-corrected chi connectivity index (χ1v) is 5.19. The van der Waals surface area contributed by atoms with Crippen LogP contribution < -0.4 is 0 Å². The van der Waals surface area contributed by atoms with Crippen LogP contribution in [0.5, 0.6) is 0 Å². The number of hydrogen-bond acceptors (Lipinski definition) is 3. The first kappa shape index (κ1) is 11.6. The van der Waals surface area contributed by atoms with Crippen LogP contribution >= 0.6 is 0 Å². The van der Waals surface area contributed by atoms with Crippen LogP contribution in [0.4, 0.5) is 0 Å². The van der Waals surface area contributed by atoms with Gasteiger partial charge in [0.15, 0.2) is 0 Å². The number of rotatable bonds is 5. The number of aliphatic hydroxyl groups is 1. The highest BCUT2D eigenvalue weighted by atomic mass is 28.3. The third-order valence-corrected chi connectivity index (χ3v) is 2.80. The summed E-state index contributed by atoms with van der Waals surface area (Å²) in [6.07, 6.45) is 0.572. The molecule has 0 rings (SSSR count). The fourth-order valence-corrected chi connectivity index (χ4v) is 1.52. The van der Waals surface area contributed by atoms with Crippen LogP contribution in [0.2, 0.25) is 0 Å². The maximum absolute atomic E-state index is 10.4. The van der Waals surface area contributed by atoms with Crippen molar-refractivity contribution >= 4 is 9.17 Å². The average molecular weight is 192 g/mol. The summed E-state index contributed by atoms with van der Waals surface area (Å²) in [7, 11) is -2.89. The Labute approximate surface area is 74.1 Å². The summed E-state index contributed by atoms with van der Waals surface area (Å²) in [5.41, 5.74) is -0.645. The van der Waals surface area contributed by atoms with Gasteiger partial charge in [-0.15, -0.1) is 0 Å². The summed E-state index contributed by atoms with van der Waals surface area (Å²) < 4.78 is 15.3. The average Bonchev–Trinajstić information content (AvgIpc) is 1.85. The van der Waals surface area contributed by atoms with Gasteiger partial charge in [0.25, 0.3) is 0 Å². The van der Waals surface area contributed by atoms with Crippen LogP contribution in [-0.4, -0.2) is 31.3 Å². The fourth-order valence-electron chi connectivity index (χ4n) is 0.867. The van der Waals surface area contributed by atoms with Crippen molar-refractivity contribution in [2.24, 2.45) is 5.92 Å². The highest BCUT2D eigenvalue weighted by molar-refractivity contribution is 6.24. The van der Waals surface area contributed by atoms with E-state index in [0.29, 0.717) is 6.42 Å². The quantitative estimate of drug-likeness (QED) is 0.611. The summed E-state index contributed by atoms with van der Waals surface area (Å²) in [5.74, 6) is 0.0589. The van der Waals surface area contributed by atoms with Gasteiger partial charge in [0.1, 0.15) is 0 Å². The molecule has 1 unspecified atom stereocenters. The third kappa shape index (κ3) is 3.82.